The molecule has 11 rings (SSSR count). The van der Waals surface area contributed by atoms with Crippen LogP contribution >= 0.6 is 0 Å². The van der Waals surface area contributed by atoms with Gasteiger partial charge in [-0.2, -0.15) is 0 Å². The average molecular weight is 755 g/mol. The molecule has 280 valence electrons. The Morgan fingerprint density at radius 2 is 0.949 bits per heavy atom. The third kappa shape index (κ3) is 5.63. The predicted molar refractivity (Wildman–Crippen MR) is 249 cm³/mol. The Morgan fingerprint density at radius 1 is 0.373 bits per heavy atom. The summed E-state index contributed by atoms with van der Waals surface area (Å²) in [5, 5.41) is 2.42. The van der Waals surface area contributed by atoms with E-state index in [4.69, 9.17) is 0 Å². The van der Waals surface area contributed by atoms with Crippen molar-refractivity contribution in [2.45, 2.75) is 19.3 Å². The maximum Gasteiger partial charge on any atom is 0.0562 e. The topological polar surface area (TPSA) is 8.17 Å². The van der Waals surface area contributed by atoms with Crippen LogP contribution in [0, 0.1) is 0 Å². The van der Waals surface area contributed by atoms with Gasteiger partial charge in [-0.05, 0) is 87.0 Å². The van der Waals surface area contributed by atoms with Crippen LogP contribution in [0.3, 0.4) is 0 Å². The van der Waals surface area contributed by atoms with Crippen LogP contribution in [0.5, 0.6) is 0 Å². The number of benzene rings is 9. The Bertz CT molecular complexity index is 3170. The van der Waals surface area contributed by atoms with E-state index in [9.17, 15) is 0 Å². The highest BCUT2D eigenvalue weighted by Crippen LogP contribution is 2.53. The Labute approximate surface area is 345 Å². The van der Waals surface area contributed by atoms with Crippen LogP contribution in [0.15, 0.2) is 218 Å². The van der Waals surface area contributed by atoms with Crippen molar-refractivity contribution in [3.8, 4) is 50.2 Å². The standard InChI is InChI=1S/C57H42N2/c1-57(2)49-28-15-12-26-46(49)47-36-34-43(38-50(47)57)58(55-37-42(39-19-6-3-7-20-39)33-35-45(55)41-23-10-5-11-24-41)53-31-18-32-54-56(53)48-27-14-17-30-52(48)59(54)51-29-16-13-25-44(51)40-21-8-4-9-22-40/h3-38H,1-2H3. The number of aromatic nitrogens is 1. The molecule has 2 heteroatoms. The molecule has 1 aromatic heterocycles. The molecule has 1 aliphatic carbocycles. The fraction of sp³-hybridized carbons (Fsp3) is 0.0526. The van der Waals surface area contributed by atoms with Gasteiger partial charge in [0.1, 0.15) is 0 Å². The van der Waals surface area contributed by atoms with Gasteiger partial charge in [0.25, 0.3) is 0 Å². The zero-order valence-electron chi connectivity index (χ0n) is 33.2. The lowest BCUT2D eigenvalue weighted by atomic mass is 9.82. The highest BCUT2D eigenvalue weighted by molar-refractivity contribution is 6.17. The minimum absolute atomic E-state index is 0.162. The molecule has 0 fully saturated rings. The molecular formula is C57H42N2. The van der Waals surface area contributed by atoms with Crippen molar-refractivity contribution in [3.05, 3.63) is 230 Å². The maximum atomic E-state index is 2.54. The highest BCUT2D eigenvalue weighted by atomic mass is 15.2. The fourth-order valence-corrected chi connectivity index (χ4v) is 9.60. The van der Waals surface area contributed by atoms with E-state index in [1.54, 1.807) is 0 Å². The first-order chi connectivity index (χ1) is 29.1. The van der Waals surface area contributed by atoms with Gasteiger partial charge in [0.15, 0.2) is 0 Å². The van der Waals surface area contributed by atoms with Crippen molar-refractivity contribution in [2.24, 2.45) is 0 Å². The first kappa shape index (κ1) is 34.8. The Kier molecular flexibility index (Phi) is 8.20. The summed E-state index contributed by atoms with van der Waals surface area (Å²) in [4.78, 5) is 2.54. The Hall–Kier alpha value is -7.42. The van der Waals surface area contributed by atoms with Crippen LogP contribution in [0.2, 0.25) is 0 Å². The lowest BCUT2D eigenvalue weighted by molar-refractivity contribution is 0.660. The summed E-state index contributed by atoms with van der Waals surface area (Å²) in [5.74, 6) is 0. The third-order valence-corrected chi connectivity index (χ3v) is 12.4. The zero-order valence-corrected chi connectivity index (χ0v) is 33.2. The minimum Gasteiger partial charge on any atom is -0.309 e. The molecule has 0 unspecified atom stereocenters. The second-order valence-electron chi connectivity index (χ2n) is 16.1. The number of anilines is 3. The third-order valence-electron chi connectivity index (χ3n) is 12.4. The molecule has 1 heterocycles. The van der Waals surface area contributed by atoms with Gasteiger partial charge in [0.2, 0.25) is 0 Å². The number of fused-ring (bicyclic) bond motifs is 6. The highest BCUT2D eigenvalue weighted by Gasteiger charge is 2.36. The number of rotatable bonds is 7. The van der Waals surface area contributed by atoms with Crippen molar-refractivity contribution in [1.82, 2.24) is 4.57 Å². The monoisotopic (exact) mass is 754 g/mol. The number of para-hydroxylation sites is 2. The second kappa shape index (κ2) is 13.9. The maximum absolute atomic E-state index is 2.54. The molecule has 0 bridgehead atoms. The second-order valence-corrected chi connectivity index (χ2v) is 16.1. The van der Waals surface area contributed by atoms with E-state index in [1.807, 2.05) is 0 Å². The van der Waals surface area contributed by atoms with Crippen molar-refractivity contribution in [1.29, 1.82) is 0 Å². The lowest BCUT2D eigenvalue weighted by Gasteiger charge is -2.31. The van der Waals surface area contributed by atoms with Crippen LogP contribution < -0.4 is 4.90 Å². The molecule has 59 heavy (non-hydrogen) atoms. The summed E-state index contributed by atoms with van der Waals surface area (Å²) in [6.07, 6.45) is 0. The van der Waals surface area contributed by atoms with Crippen LogP contribution in [0.25, 0.3) is 72.0 Å². The normalized spacial score (nSPS) is 12.7. The summed E-state index contributed by atoms with van der Waals surface area (Å²) in [5.41, 5.74) is 19.1. The van der Waals surface area contributed by atoms with Crippen LogP contribution in [0.1, 0.15) is 25.0 Å². The van der Waals surface area contributed by atoms with Crippen LogP contribution in [0.4, 0.5) is 17.1 Å². The summed E-state index contributed by atoms with van der Waals surface area (Å²) in [6.45, 7) is 4.74. The lowest BCUT2D eigenvalue weighted by Crippen LogP contribution is -2.17. The molecule has 0 saturated carbocycles. The van der Waals surface area contributed by atoms with E-state index >= 15 is 0 Å². The molecule has 10 aromatic rings. The van der Waals surface area contributed by atoms with Gasteiger partial charge in [0.05, 0.1) is 28.1 Å². The van der Waals surface area contributed by atoms with Crippen molar-refractivity contribution in [2.75, 3.05) is 4.90 Å². The van der Waals surface area contributed by atoms with Gasteiger partial charge in [-0.1, -0.05) is 190 Å². The van der Waals surface area contributed by atoms with E-state index < -0.39 is 0 Å². The molecule has 0 radical (unpaired) electrons. The SMILES string of the molecule is CC1(C)c2ccccc2-c2ccc(N(c3cc(-c4ccccc4)ccc3-c3ccccc3)c3cccc4c3c3ccccc3n4-c3ccccc3-c3ccccc3)cc21. The molecular weight excluding hydrogens is 713 g/mol. The summed E-state index contributed by atoms with van der Waals surface area (Å²) >= 11 is 0. The van der Waals surface area contributed by atoms with Crippen molar-refractivity contribution >= 4 is 38.9 Å². The van der Waals surface area contributed by atoms with E-state index in [-0.39, 0.29) is 5.41 Å². The largest absolute Gasteiger partial charge is 0.309 e. The summed E-state index contributed by atoms with van der Waals surface area (Å²) < 4.78 is 2.47. The number of hydrogen-bond acceptors (Lipinski definition) is 1. The van der Waals surface area contributed by atoms with Gasteiger partial charge in [-0.15, -0.1) is 0 Å². The van der Waals surface area contributed by atoms with Gasteiger partial charge in [-0.25, -0.2) is 0 Å². The van der Waals surface area contributed by atoms with E-state index in [0.29, 0.717) is 0 Å². The van der Waals surface area contributed by atoms with E-state index in [0.717, 1.165) is 28.3 Å². The molecule has 0 amide bonds. The van der Waals surface area contributed by atoms with Gasteiger partial charge in [0, 0.05) is 33.0 Å². The molecule has 9 aromatic carbocycles. The van der Waals surface area contributed by atoms with E-state index in [2.05, 4.69) is 242 Å². The quantitative estimate of drug-likeness (QED) is 0.157. The number of nitrogens with zero attached hydrogens (tertiary/aromatic N) is 2. The summed E-state index contributed by atoms with van der Waals surface area (Å²) in [7, 11) is 0. The number of hydrogen-bond donors (Lipinski definition) is 0. The molecule has 1 aliphatic rings. The molecule has 0 atom stereocenters. The average Bonchev–Trinajstić information content (AvgIpc) is 3.76. The van der Waals surface area contributed by atoms with Gasteiger partial charge >= 0.3 is 0 Å². The van der Waals surface area contributed by atoms with Gasteiger partial charge < -0.3 is 9.47 Å². The smallest absolute Gasteiger partial charge is 0.0562 e. The van der Waals surface area contributed by atoms with Crippen LogP contribution in [-0.4, -0.2) is 4.57 Å². The van der Waals surface area contributed by atoms with Crippen molar-refractivity contribution in [3.63, 3.8) is 0 Å². The molecule has 0 aliphatic heterocycles. The van der Waals surface area contributed by atoms with Crippen molar-refractivity contribution < 1.29 is 0 Å². The summed E-state index contributed by atoms with van der Waals surface area (Å²) in [6, 6.07) is 79.9. The Balaban J connectivity index is 1.24. The zero-order chi connectivity index (χ0) is 39.5. The molecule has 0 N–H and O–H groups in total. The minimum atomic E-state index is -0.162. The molecule has 0 spiro atoms. The first-order valence-electron chi connectivity index (χ1n) is 20.5. The first-order valence-corrected chi connectivity index (χ1v) is 20.5. The Morgan fingerprint density at radius 3 is 1.71 bits per heavy atom. The molecule has 2 nitrogen and oxygen atoms in total. The molecule has 0 saturated heterocycles. The predicted octanol–water partition coefficient (Wildman–Crippen LogP) is 15.6. The van der Waals surface area contributed by atoms with E-state index in [1.165, 1.54) is 71.9 Å². The van der Waals surface area contributed by atoms with Gasteiger partial charge in [-0.3, -0.25) is 0 Å². The van der Waals surface area contributed by atoms with Crippen LogP contribution in [-0.2, 0) is 5.41 Å². The fourth-order valence-electron chi connectivity index (χ4n) is 9.60.